The van der Waals surface area contributed by atoms with Crippen LogP contribution in [0.5, 0.6) is 5.75 Å². The first-order chi connectivity index (χ1) is 19.8. The molecule has 2 aliphatic rings. The molecule has 1 aliphatic heterocycles. The van der Waals surface area contributed by atoms with Crippen LogP contribution in [-0.2, 0) is 6.54 Å². The van der Waals surface area contributed by atoms with Crippen molar-refractivity contribution in [1.82, 2.24) is 9.88 Å². The van der Waals surface area contributed by atoms with Gasteiger partial charge in [-0.1, -0.05) is 49.6 Å². The largest absolute Gasteiger partial charge is 0.491 e. The van der Waals surface area contributed by atoms with Crippen LogP contribution < -0.4 is 15.4 Å². The molecule has 0 atom stereocenters. The lowest BCUT2D eigenvalue weighted by atomic mass is 9.81. The highest BCUT2D eigenvalue weighted by atomic mass is 16.5. The monoisotopic (exact) mass is 551 g/mol. The quantitative estimate of drug-likeness (QED) is 0.229. The lowest BCUT2D eigenvalue weighted by Crippen LogP contribution is -2.48. The van der Waals surface area contributed by atoms with E-state index in [0.717, 1.165) is 23.4 Å². The molecule has 7 heteroatoms. The van der Waals surface area contributed by atoms with Crippen LogP contribution in [0.2, 0.25) is 0 Å². The summed E-state index contributed by atoms with van der Waals surface area (Å²) in [6.45, 7) is 5.52. The van der Waals surface area contributed by atoms with Crippen molar-refractivity contribution in [2.45, 2.75) is 64.0 Å². The summed E-state index contributed by atoms with van der Waals surface area (Å²) in [5.41, 5.74) is 5.52. The van der Waals surface area contributed by atoms with Crippen molar-refractivity contribution >= 4 is 28.5 Å². The number of fused-ring (bicyclic) bond motifs is 5. The van der Waals surface area contributed by atoms with Crippen molar-refractivity contribution in [2.24, 2.45) is 0 Å². The normalized spacial score (nSPS) is 15.4. The average molecular weight is 552 g/mol. The van der Waals surface area contributed by atoms with Crippen LogP contribution in [-0.4, -0.2) is 40.2 Å². The standard InChI is InChI=1S/C34H37N3O4/c1-34(2,21-35-27-14-8-6-12-24(27)33(39)40)36-32(38)23-16-17-25-28(20-23)37-18-19-41-29-15-9-7-13-26(29)31(37)30(25)22-10-4-3-5-11-22/h6-9,12-17,20,22,35H,3-5,10-11,18-19,21H2,1-2H3,(H,36,38)(H,39,40). The molecule has 1 aliphatic carbocycles. The predicted octanol–water partition coefficient (Wildman–Crippen LogP) is 7.07. The van der Waals surface area contributed by atoms with E-state index in [-0.39, 0.29) is 11.5 Å². The zero-order valence-electron chi connectivity index (χ0n) is 23.7. The molecule has 1 fully saturated rings. The van der Waals surface area contributed by atoms with Gasteiger partial charge < -0.3 is 25.0 Å². The fraction of sp³-hybridized carbons (Fsp3) is 0.353. The Bertz CT molecular complexity index is 1610. The molecule has 7 nitrogen and oxygen atoms in total. The summed E-state index contributed by atoms with van der Waals surface area (Å²) in [6.07, 6.45) is 6.15. The highest BCUT2D eigenvalue weighted by Gasteiger charge is 2.30. The van der Waals surface area contributed by atoms with Gasteiger partial charge >= 0.3 is 5.97 Å². The third-order valence-electron chi connectivity index (χ3n) is 8.42. The summed E-state index contributed by atoms with van der Waals surface area (Å²) in [6, 6.07) is 21.2. The number of carboxylic acids is 1. The summed E-state index contributed by atoms with van der Waals surface area (Å²) < 4.78 is 8.53. The van der Waals surface area contributed by atoms with Crippen molar-refractivity contribution in [2.75, 3.05) is 18.5 Å². The number of ether oxygens (including phenoxy) is 1. The van der Waals surface area contributed by atoms with Crippen LogP contribution in [0.15, 0.2) is 66.7 Å². The Labute approximate surface area is 240 Å². The highest BCUT2D eigenvalue weighted by molar-refractivity contribution is 6.01. The fourth-order valence-corrected chi connectivity index (χ4v) is 6.44. The second-order valence-corrected chi connectivity index (χ2v) is 11.9. The average Bonchev–Trinajstić information content (AvgIpc) is 3.17. The van der Waals surface area contributed by atoms with E-state index in [1.165, 1.54) is 48.7 Å². The molecular formula is C34H37N3O4. The van der Waals surface area contributed by atoms with Crippen molar-refractivity contribution in [1.29, 1.82) is 0 Å². The minimum absolute atomic E-state index is 0.162. The van der Waals surface area contributed by atoms with Gasteiger partial charge in [-0.15, -0.1) is 0 Å². The van der Waals surface area contributed by atoms with Crippen molar-refractivity contribution in [3.05, 3.63) is 83.4 Å². The molecule has 2 heterocycles. The third-order valence-corrected chi connectivity index (χ3v) is 8.42. The Kier molecular flexibility index (Phi) is 7.20. The fourth-order valence-electron chi connectivity index (χ4n) is 6.44. The Morgan fingerprint density at radius 3 is 2.56 bits per heavy atom. The molecule has 1 amide bonds. The zero-order chi connectivity index (χ0) is 28.6. The third kappa shape index (κ3) is 5.29. The van der Waals surface area contributed by atoms with Gasteiger partial charge in [0.25, 0.3) is 5.91 Å². The summed E-state index contributed by atoms with van der Waals surface area (Å²) in [5.74, 6) is 0.260. The number of anilines is 1. The number of aromatic carboxylic acids is 1. The molecule has 0 spiro atoms. The summed E-state index contributed by atoms with van der Waals surface area (Å²) in [7, 11) is 0. The van der Waals surface area contributed by atoms with Crippen LogP contribution in [0.25, 0.3) is 22.2 Å². The number of para-hydroxylation sites is 2. The Hall–Kier alpha value is -4.26. The number of rotatable bonds is 7. The molecule has 0 bridgehead atoms. The highest BCUT2D eigenvalue weighted by Crippen LogP contribution is 2.47. The maximum atomic E-state index is 13.6. The molecule has 0 radical (unpaired) electrons. The van der Waals surface area contributed by atoms with Crippen molar-refractivity contribution < 1.29 is 19.4 Å². The molecule has 1 saturated carbocycles. The summed E-state index contributed by atoms with van der Waals surface area (Å²) in [4.78, 5) is 25.2. The zero-order valence-corrected chi connectivity index (χ0v) is 23.7. The maximum absolute atomic E-state index is 13.6. The van der Waals surface area contributed by atoms with E-state index in [1.807, 2.05) is 32.0 Å². The molecule has 0 unspecified atom stereocenters. The van der Waals surface area contributed by atoms with Gasteiger partial charge in [-0.3, -0.25) is 4.79 Å². The molecule has 6 rings (SSSR count). The number of nitrogens with one attached hydrogen (secondary N) is 2. The lowest BCUT2D eigenvalue weighted by Gasteiger charge is -2.27. The number of hydrogen-bond donors (Lipinski definition) is 3. The SMILES string of the molecule is CC(C)(CNc1ccccc1C(=O)O)NC(=O)c1ccc2c(C3CCCCC3)c3n(c2c1)CCOc1ccccc1-3. The molecule has 3 N–H and O–H groups in total. The van der Waals surface area contributed by atoms with Crippen LogP contribution in [0.3, 0.4) is 0 Å². The van der Waals surface area contributed by atoms with Gasteiger partial charge in [-0.25, -0.2) is 4.79 Å². The number of carbonyl (C=O) groups is 2. The maximum Gasteiger partial charge on any atom is 0.337 e. The molecule has 0 saturated heterocycles. The molecule has 41 heavy (non-hydrogen) atoms. The smallest absolute Gasteiger partial charge is 0.337 e. The minimum Gasteiger partial charge on any atom is -0.491 e. The first-order valence-electron chi connectivity index (χ1n) is 14.6. The van der Waals surface area contributed by atoms with Crippen LogP contribution in [0.1, 0.15) is 78.1 Å². The van der Waals surface area contributed by atoms with E-state index in [4.69, 9.17) is 4.74 Å². The van der Waals surface area contributed by atoms with Crippen LogP contribution in [0, 0.1) is 0 Å². The Balaban J connectivity index is 1.32. The van der Waals surface area contributed by atoms with E-state index in [2.05, 4.69) is 39.5 Å². The van der Waals surface area contributed by atoms with Gasteiger partial charge in [0.1, 0.15) is 12.4 Å². The van der Waals surface area contributed by atoms with Gasteiger partial charge in [0.15, 0.2) is 0 Å². The van der Waals surface area contributed by atoms with E-state index < -0.39 is 11.5 Å². The van der Waals surface area contributed by atoms with E-state index in [0.29, 0.717) is 30.3 Å². The second-order valence-electron chi connectivity index (χ2n) is 11.9. The number of aromatic nitrogens is 1. The van der Waals surface area contributed by atoms with Crippen molar-refractivity contribution in [3.8, 4) is 17.0 Å². The summed E-state index contributed by atoms with van der Waals surface area (Å²) >= 11 is 0. The predicted molar refractivity (Wildman–Crippen MR) is 162 cm³/mol. The van der Waals surface area contributed by atoms with E-state index in [1.54, 1.807) is 24.3 Å². The molecule has 212 valence electrons. The van der Waals surface area contributed by atoms with Crippen LogP contribution in [0.4, 0.5) is 5.69 Å². The van der Waals surface area contributed by atoms with Crippen molar-refractivity contribution in [3.63, 3.8) is 0 Å². The molecule has 4 aromatic rings. The van der Waals surface area contributed by atoms with Gasteiger partial charge in [-0.2, -0.15) is 0 Å². The second kappa shape index (κ2) is 11.0. The first-order valence-corrected chi connectivity index (χ1v) is 14.6. The van der Waals surface area contributed by atoms with Gasteiger partial charge in [0, 0.05) is 34.3 Å². The van der Waals surface area contributed by atoms with Gasteiger partial charge in [0.05, 0.1) is 23.3 Å². The lowest BCUT2D eigenvalue weighted by molar-refractivity contribution is 0.0697. The Morgan fingerprint density at radius 2 is 1.76 bits per heavy atom. The van der Waals surface area contributed by atoms with Gasteiger partial charge in [-0.05, 0) is 74.6 Å². The first kappa shape index (κ1) is 26.9. The number of hydrogen-bond acceptors (Lipinski definition) is 4. The van der Waals surface area contributed by atoms with Gasteiger partial charge in [0.2, 0.25) is 0 Å². The number of benzene rings is 3. The molecule has 3 aromatic carbocycles. The molecule has 1 aromatic heterocycles. The Morgan fingerprint density at radius 1 is 1.00 bits per heavy atom. The number of nitrogens with zero attached hydrogens (tertiary/aromatic N) is 1. The van der Waals surface area contributed by atoms with Crippen LogP contribution >= 0.6 is 0 Å². The topological polar surface area (TPSA) is 92.6 Å². The summed E-state index contributed by atoms with van der Waals surface area (Å²) in [5, 5.41) is 17.1. The minimum atomic E-state index is -0.991. The number of carboxylic acid groups (broad SMARTS) is 1. The van der Waals surface area contributed by atoms with E-state index >= 15 is 0 Å². The number of amides is 1. The molecular weight excluding hydrogens is 514 g/mol. The number of carbonyl (C=O) groups excluding carboxylic acids is 1. The van der Waals surface area contributed by atoms with E-state index in [9.17, 15) is 14.7 Å².